The number of para-hydroxylation sites is 1. The topological polar surface area (TPSA) is 68.3 Å². The number of carbonyl (C=O) groups is 1. The van der Waals surface area contributed by atoms with Crippen LogP contribution in [0.2, 0.25) is 0 Å². The third-order valence-electron chi connectivity index (χ3n) is 2.51. The first-order chi connectivity index (χ1) is 8.59. The van der Waals surface area contributed by atoms with E-state index in [9.17, 15) is 4.79 Å². The van der Waals surface area contributed by atoms with Crippen molar-refractivity contribution in [3.8, 4) is 0 Å². The summed E-state index contributed by atoms with van der Waals surface area (Å²) in [4.78, 5) is 12.2. The van der Waals surface area contributed by atoms with Crippen LogP contribution in [0, 0.1) is 6.92 Å². The molecule has 2 aromatic rings. The maximum atomic E-state index is 12.0. The summed E-state index contributed by atoms with van der Waals surface area (Å²) in [6.45, 7) is 1.80. The molecule has 0 unspecified atom stereocenters. The van der Waals surface area contributed by atoms with Gasteiger partial charge in [-0.3, -0.25) is 4.79 Å². The van der Waals surface area contributed by atoms with Gasteiger partial charge in [0, 0.05) is 11.1 Å². The maximum absolute atomic E-state index is 12.0. The smallest absolute Gasteiger partial charge is 0.291 e. The lowest BCUT2D eigenvalue weighted by atomic mass is 10.1. The molecule has 0 saturated carbocycles. The SMILES string of the molecule is Cc1ccoc1C(=O)Nc1ccccc1C(N)=S. The van der Waals surface area contributed by atoms with Crippen molar-refractivity contribution in [2.45, 2.75) is 6.92 Å². The molecule has 4 nitrogen and oxygen atoms in total. The van der Waals surface area contributed by atoms with E-state index in [1.165, 1.54) is 6.26 Å². The Kier molecular flexibility index (Phi) is 3.43. The van der Waals surface area contributed by atoms with E-state index in [4.69, 9.17) is 22.4 Å². The van der Waals surface area contributed by atoms with Crippen LogP contribution in [0.25, 0.3) is 0 Å². The first kappa shape index (κ1) is 12.3. The number of aryl methyl sites for hydroxylation is 1. The standard InChI is InChI=1S/C13H12N2O2S/c1-8-6-7-17-11(8)13(16)15-10-5-3-2-4-9(10)12(14)18/h2-7H,1H3,(H2,14,18)(H,15,16). The second-order valence-corrected chi connectivity index (χ2v) is 4.24. The average molecular weight is 260 g/mol. The summed E-state index contributed by atoms with van der Waals surface area (Å²) < 4.78 is 5.12. The number of hydrogen-bond donors (Lipinski definition) is 2. The van der Waals surface area contributed by atoms with Crippen molar-refractivity contribution in [2.24, 2.45) is 5.73 Å². The molecule has 18 heavy (non-hydrogen) atoms. The minimum absolute atomic E-state index is 0.238. The Bertz CT molecular complexity index is 605. The van der Waals surface area contributed by atoms with E-state index in [1.807, 2.05) is 6.07 Å². The molecular formula is C13H12N2O2S. The van der Waals surface area contributed by atoms with Crippen LogP contribution in [0.3, 0.4) is 0 Å². The molecule has 0 bridgehead atoms. The lowest BCUT2D eigenvalue weighted by molar-refractivity contribution is 0.0996. The van der Waals surface area contributed by atoms with Gasteiger partial charge in [-0.15, -0.1) is 0 Å². The van der Waals surface area contributed by atoms with Crippen molar-refractivity contribution in [1.82, 2.24) is 0 Å². The Labute approximate surface area is 110 Å². The molecule has 0 aliphatic carbocycles. The molecule has 2 rings (SSSR count). The number of benzene rings is 1. The van der Waals surface area contributed by atoms with Crippen LogP contribution in [0.5, 0.6) is 0 Å². The Balaban J connectivity index is 2.28. The Hall–Kier alpha value is -2.14. The van der Waals surface area contributed by atoms with E-state index in [0.717, 1.165) is 5.56 Å². The zero-order valence-electron chi connectivity index (χ0n) is 9.77. The van der Waals surface area contributed by atoms with Gasteiger partial charge < -0.3 is 15.5 Å². The fraction of sp³-hybridized carbons (Fsp3) is 0.0769. The van der Waals surface area contributed by atoms with Crippen molar-refractivity contribution in [2.75, 3.05) is 5.32 Å². The van der Waals surface area contributed by atoms with Crippen LogP contribution >= 0.6 is 12.2 Å². The van der Waals surface area contributed by atoms with Crippen LogP contribution in [-0.2, 0) is 0 Å². The summed E-state index contributed by atoms with van der Waals surface area (Å²) in [5, 5.41) is 2.73. The lowest BCUT2D eigenvalue weighted by Crippen LogP contribution is -2.17. The van der Waals surface area contributed by atoms with Gasteiger partial charge in [-0.25, -0.2) is 0 Å². The predicted molar refractivity (Wildman–Crippen MR) is 73.7 cm³/mol. The average Bonchev–Trinajstić information content (AvgIpc) is 2.76. The third-order valence-corrected chi connectivity index (χ3v) is 2.73. The summed E-state index contributed by atoms with van der Waals surface area (Å²) in [7, 11) is 0. The fourth-order valence-corrected chi connectivity index (χ4v) is 1.77. The maximum Gasteiger partial charge on any atom is 0.291 e. The van der Waals surface area contributed by atoms with Crippen LogP contribution in [0.4, 0.5) is 5.69 Å². The molecule has 0 aliphatic rings. The molecule has 1 aromatic carbocycles. The monoisotopic (exact) mass is 260 g/mol. The summed E-state index contributed by atoms with van der Waals surface area (Å²) in [5.74, 6) is -0.0334. The zero-order chi connectivity index (χ0) is 13.1. The van der Waals surface area contributed by atoms with Crippen LogP contribution < -0.4 is 11.1 Å². The molecule has 5 heteroatoms. The highest BCUT2D eigenvalue weighted by Gasteiger charge is 2.14. The van der Waals surface area contributed by atoms with Crippen LogP contribution in [0.1, 0.15) is 21.7 Å². The summed E-state index contributed by atoms with van der Waals surface area (Å²) in [6.07, 6.45) is 1.48. The highest BCUT2D eigenvalue weighted by molar-refractivity contribution is 7.80. The molecule has 0 fully saturated rings. The molecule has 1 amide bonds. The van der Waals surface area contributed by atoms with E-state index in [0.29, 0.717) is 11.3 Å². The molecule has 0 spiro atoms. The number of amides is 1. The molecule has 3 N–H and O–H groups in total. The normalized spacial score (nSPS) is 10.1. The first-order valence-corrected chi connectivity index (χ1v) is 5.74. The molecule has 0 saturated heterocycles. The first-order valence-electron chi connectivity index (χ1n) is 5.34. The predicted octanol–water partition coefficient (Wildman–Crippen LogP) is 2.47. The van der Waals surface area contributed by atoms with Crippen molar-refractivity contribution in [3.63, 3.8) is 0 Å². The molecule has 1 heterocycles. The van der Waals surface area contributed by atoms with Gasteiger partial charge in [0.25, 0.3) is 5.91 Å². The van der Waals surface area contributed by atoms with Gasteiger partial charge in [0.1, 0.15) is 4.99 Å². The van der Waals surface area contributed by atoms with Crippen LogP contribution in [0.15, 0.2) is 41.0 Å². The highest BCUT2D eigenvalue weighted by Crippen LogP contribution is 2.17. The molecule has 0 atom stereocenters. The number of carbonyl (C=O) groups excluding carboxylic acids is 1. The molecule has 1 aromatic heterocycles. The molecule has 0 aliphatic heterocycles. The Morgan fingerprint density at radius 1 is 1.33 bits per heavy atom. The largest absolute Gasteiger partial charge is 0.459 e. The quantitative estimate of drug-likeness (QED) is 0.832. The number of furan rings is 1. The van der Waals surface area contributed by atoms with Crippen molar-refractivity contribution < 1.29 is 9.21 Å². The number of thiocarbonyl (C=S) groups is 1. The summed E-state index contributed by atoms with van der Waals surface area (Å²) in [6, 6.07) is 8.83. The van der Waals surface area contributed by atoms with Gasteiger partial charge in [-0.2, -0.15) is 0 Å². The van der Waals surface area contributed by atoms with Gasteiger partial charge in [0.2, 0.25) is 0 Å². The minimum atomic E-state index is -0.318. The molecular weight excluding hydrogens is 248 g/mol. The second kappa shape index (κ2) is 5.01. The fourth-order valence-electron chi connectivity index (χ4n) is 1.59. The number of nitrogens with two attached hydrogens (primary N) is 1. The lowest BCUT2D eigenvalue weighted by Gasteiger charge is -2.08. The van der Waals surface area contributed by atoms with Crippen molar-refractivity contribution in [1.29, 1.82) is 0 Å². The number of rotatable bonds is 3. The van der Waals surface area contributed by atoms with Gasteiger partial charge in [0.15, 0.2) is 5.76 Å². The number of nitrogens with one attached hydrogen (secondary N) is 1. The van der Waals surface area contributed by atoms with Crippen molar-refractivity contribution in [3.05, 3.63) is 53.5 Å². The van der Waals surface area contributed by atoms with Gasteiger partial charge in [0.05, 0.1) is 12.0 Å². The van der Waals surface area contributed by atoms with Crippen LogP contribution in [-0.4, -0.2) is 10.9 Å². The van der Waals surface area contributed by atoms with E-state index in [2.05, 4.69) is 5.32 Å². The summed E-state index contributed by atoms with van der Waals surface area (Å²) in [5.41, 5.74) is 7.58. The van der Waals surface area contributed by atoms with E-state index in [1.54, 1.807) is 31.2 Å². The van der Waals surface area contributed by atoms with Gasteiger partial charge in [-0.05, 0) is 25.1 Å². The number of hydrogen-bond acceptors (Lipinski definition) is 3. The van der Waals surface area contributed by atoms with Crippen molar-refractivity contribution >= 4 is 28.8 Å². The Morgan fingerprint density at radius 3 is 2.67 bits per heavy atom. The highest BCUT2D eigenvalue weighted by atomic mass is 32.1. The zero-order valence-corrected chi connectivity index (χ0v) is 10.6. The number of anilines is 1. The van der Waals surface area contributed by atoms with E-state index < -0.39 is 0 Å². The molecule has 0 radical (unpaired) electrons. The summed E-state index contributed by atoms with van der Waals surface area (Å²) >= 11 is 4.93. The van der Waals surface area contributed by atoms with E-state index in [-0.39, 0.29) is 16.7 Å². The second-order valence-electron chi connectivity index (χ2n) is 3.80. The van der Waals surface area contributed by atoms with Gasteiger partial charge in [-0.1, -0.05) is 24.4 Å². The molecule has 92 valence electrons. The van der Waals surface area contributed by atoms with Gasteiger partial charge >= 0.3 is 0 Å². The third kappa shape index (κ3) is 2.41. The van der Waals surface area contributed by atoms with E-state index >= 15 is 0 Å². The Morgan fingerprint density at radius 2 is 2.06 bits per heavy atom. The minimum Gasteiger partial charge on any atom is -0.459 e.